The lowest BCUT2D eigenvalue weighted by atomic mass is 9.84. The molecule has 6 nitrogen and oxygen atoms in total. The Balaban J connectivity index is 2.52. The summed E-state index contributed by atoms with van der Waals surface area (Å²) in [6.07, 6.45) is 1.63. The van der Waals surface area contributed by atoms with E-state index in [0.29, 0.717) is 13.0 Å². The fourth-order valence-electron chi connectivity index (χ4n) is 2.07. The zero-order chi connectivity index (χ0) is 16.0. The van der Waals surface area contributed by atoms with Crippen LogP contribution < -0.4 is 5.32 Å². The van der Waals surface area contributed by atoms with Crippen LogP contribution in [0.3, 0.4) is 0 Å². The number of hydrogen-bond acceptors (Lipinski definition) is 4. The van der Waals surface area contributed by atoms with Crippen molar-refractivity contribution in [2.45, 2.75) is 40.0 Å². The van der Waals surface area contributed by atoms with E-state index >= 15 is 0 Å². The Morgan fingerprint density at radius 2 is 2.05 bits per heavy atom. The molecule has 1 rings (SSSR count). The highest BCUT2D eigenvalue weighted by atomic mass is 16.6. The molecule has 0 spiro atoms. The molecule has 21 heavy (non-hydrogen) atoms. The number of nitrogens with one attached hydrogen (secondary N) is 1. The number of rotatable bonds is 8. The maximum Gasteiger partial charge on any atom is 0.303 e. The van der Waals surface area contributed by atoms with Crippen LogP contribution in [-0.2, 0) is 4.79 Å². The first-order valence-corrected chi connectivity index (χ1v) is 6.92. The number of aliphatic carboxylic acids is 1. The molecule has 0 aliphatic carbocycles. The summed E-state index contributed by atoms with van der Waals surface area (Å²) >= 11 is 0. The maximum atomic E-state index is 10.7. The molecule has 0 saturated carbocycles. The third-order valence-electron chi connectivity index (χ3n) is 3.55. The van der Waals surface area contributed by atoms with Gasteiger partial charge < -0.3 is 10.4 Å². The summed E-state index contributed by atoms with van der Waals surface area (Å²) in [7, 11) is 0. The van der Waals surface area contributed by atoms with Gasteiger partial charge in [-0.2, -0.15) is 0 Å². The SMILES string of the molecule is Cc1cc([N+](=O)[O-])ccc1NCCC(C)(C)CCC(=O)O. The molecule has 0 aromatic heterocycles. The van der Waals surface area contributed by atoms with Gasteiger partial charge in [-0.3, -0.25) is 14.9 Å². The first kappa shape index (κ1) is 16.9. The predicted octanol–water partition coefficient (Wildman–Crippen LogP) is 3.60. The van der Waals surface area contributed by atoms with E-state index in [1.807, 2.05) is 20.8 Å². The molecular weight excluding hydrogens is 272 g/mol. The van der Waals surface area contributed by atoms with Crippen molar-refractivity contribution >= 4 is 17.3 Å². The summed E-state index contributed by atoms with van der Waals surface area (Å²) in [5.41, 5.74) is 1.72. The number of carboxylic acids is 1. The number of carboxylic acid groups (broad SMARTS) is 1. The predicted molar refractivity (Wildman–Crippen MR) is 81.6 cm³/mol. The van der Waals surface area contributed by atoms with Crippen LogP contribution in [0.4, 0.5) is 11.4 Å². The topological polar surface area (TPSA) is 92.5 Å². The van der Waals surface area contributed by atoms with Gasteiger partial charge in [-0.05, 0) is 36.8 Å². The van der Waals surface area contributed by atoms with Crippen LogP contribution in [0.1, 0.15) is 38.7 Å². The van der Waals surface area contributed by atoms with E-state index in [4.69, 9.17) is 5.11 Å². The van der Waals surface area contributed by atoms with Crippen LogP contribution in [0.25, 0.3) is 0 Å². The number of hydrogen-bond donors (Lipinski definition) is 2. The van der Waals surface area contributed by atoms with Gasteiger partial charge >= 0.3 is 5.97 Å². The quantitative estimate of drug-likeness (QED) is 0.564. The second-order valence-corrected chi connectivity index (χ2v) is 5.99. The van der Waals surface area contributed by atoms with E-state index in [-0.39, 0.29) is 17.5 Å². The largest absolute Gasteiger partial charge is 0.481 e. The second kappa shape index (κ2) is 7.06. The number of nitro groups is 1. The Morgan fingerprint density at radius 1 is 1.38 bits per heavy atom. The monoisotopic (exact) mass is 294 g/mol. The van der Waals surface area contributed by atoms with Crippen molar-refractivity contribution in [1.82, 2.24) is 0 Å². The van der Waals surface area contributed by atoms with Crippen molar-refractivity contribution in [3.8, 4) is 0 Å². The minimum Gasteiger partial charge on any atom is -0.481 e. The summed E-state index contributed by atoms with van der Waals surface area (Å²) in [6, 6.07) is 4.72. The number of aryl methyl sites for hydroxylation is 1. The van der Waals surface area contributed by atoms with E-state index in [1.165, 1.54) is 12.1 Å². The smallest absolute Gasteiger partial charge is 0.303 e. The molecule has 0 heterocycles. The molecule has 1 aromatic carbocycles. The molecule has 0 radical (unpaired) electrons. The second-order valence-electron chi connectivity index (χ2n) is 5.99. The highest BCUT2D eigenvalue weighted by molar-refractivity contribution is 5.66. The lowest BCUT2D eigenvalue weighted by Crippen LogP contribution is -2.18. The van der Waals surface area contributed by atoms with Gasteiger partial charge in [-0.1, -0.05) is 13.8 Å². The van der Waals surface area contributed by atoms with Crippen LogP contribution in [-0.4, -0.2) is 22.5 Å². The highest BCUT2D eigenvalue weighted by Crippen LogP contribution is 2.27. The molecule has 0 aliphatic heterocycles. The molecule has 6 heteroatoms. The molecule has 0 saturated heterocycles. The van der Waals surface area contributed by atoms with Crippen LogP contribution in [0, 0.1) is 22.5 Å². The van der Waals surface area contributed by atoms with Gasteiger partial charge in [0.05, 0.1) is 4.92 Å². The van der Waals surface area contributed by atoms with E-state index in [0.717, 1.165) is 17.7 Å². The van der Waals surface area contributed by atoms with Crippen LogP contribution in [0.5, 0.6) is 0 Å². The fraction of sp³-hybridized carbons (Fsp3) is 0.533. The lowest BCUT2D eigenvalue weighted by molar-refractivity contribution is -0.384. The molecule has 2 N–H and O–H groups in total. The zero-order valence-electron chi connectivity index (χ0n) is 12.7. The highest BCUT2D eigenvalue weighted by Gasteiger charge is 2.19. The summed E-state index contributed by atoms with van der Waals surface area (Å²) in [6.45, 7) is 6.61. The third kappa shape index (κ3) is 5.81. The minimum atomic E-state index is -0.776. The van der Waals surface area contributed by atoms with Crippen LogP contribution >= 0.6 is 0 Å². The van der Waals surface area contributed by atoms with Gasteiger partial charge in [-0.15, -0.1) is 0 Å². The number of nitrogens with zero attached hydrogens (tertiary/aromatic N) is 1. The van der Waals surface area contributed by atoms with Crippen molar-refractivity contribution in [1.29, 1.82) is 0 Å². The third-order valence-corrected chi connectivity index (χ3v) is 3.55. The Labute approximate surface area is 124 Å². The van der Waals surface area contributed by atoms with Crippen molar-refractivity contribution in [3.63, 3.8) is 0 Å². The molecule has 0 unspecified atom stereocenters. The van der Waals surface area contributed by atoms with Crippen molar-refractivity contribution < 1.29 is 14.8 Å². The normalized spacial score (nSPS) is 11.2. The van der Waals surface area contributed by atoms with Crippen molar-refractivity contribution in [2.24, 2.45) is 5.41 Å². The molecule has 0 amide bonds. The van der Waals surface area contributed by atoms with E-state index in [9.17, 15) is 14.9 Å². The number of anilines is 1. The number of non-ortho nitro benzene ring substituents is 1. The zero-order valence-corrected chi connectivity index (χ0v) is 12.7. The van der Waals surface area contributed by atoms with Gasteiger partial charge in [-0.25, -0.2) is 0 Å². The molecule has 0 atom stereocenters. The molecule has 1 aromatic rings. The Hall–Kier alpha value is -2.11. The average Bonchev–Trinajstić information content (AvgIpc) is 2.38. The van der Waals surface area contributed by atoms with Gasteiger partial charge in [0.25, 0.3) is 5.69 Å². The van der Waals surface area contributed by atoms with E-state index in [2.05, 4.69) is 5.32 Å². The molecular formula is C15H22N2O4. The van der Waals surface area contributed by atoms with E-state index < -0.39 is 10.9 Å². The van der Waals surface area contributed by atoms with Crippen LogP contribution in [0.15, 0.2) is 18.2 Å². The maximum absolute atomic E-state index is 10.7. The molecule has 0 aliphatic rings. The standard InChI is InChI=1S/C15H22N2O4/c1-11-10-12(17(20)21)4-5-13(11)16-9-8-15(2,3)7-6-14(18)19/h4-5,10,16H,6-9H2,1-3H3,(H,18,19). The van der Waals surface area contributed by atoms with Gasteiger partial charge in [0.2, 0.25) is 0 Å². The summed E-state index contributed by atoms with van der Waals surface area (Å²) in [5, 5.41) is 22.6. The lowest BCUT2D eigenvalue weighted by Gasteiger charge is -2.24. The summed E-state index contributed by atoms with van der Waals surface area (Å²) < 4.78 is 0. The first-order valence-electron chi connectivity index (χ1n) is 6.92. The number of benzene rings is 1. The fourth-order valence-corrected chi connectivity index (χ4v) is 2.07. The first-order chi connectivity index (χ1) is 9.71. The molecule has 0 bridgehead atoms. The molecule has 116 valence electrons. The Bertz CT molecular complexity index is 526. The van der Waals surface area contributed by atoms with Gasteiger partial charge in [0.1, 0.15) is 0 Å². The van der Waals surface area contributed by atoms with Gasteiger partial charge in [0, 0.05) is 30.8 Å². The van der Waals surface area contributed by atoms with Gasteiger partial charge in [0.15, 0.2) is 0 Å². The summed E-state index contributed by atoms with van der Waals surface area (Å²) in [5.74, 6) is -0.776. The minimum absolute atomic E-state index is 0.0555. The number of carbonyl (C=O) groups is 1. The van der Waals surface area contributed by atoms with E-state index in [1.54, 1.807) is 6.07 Å². The van der Waals surface area contributed by atoms with Crippen LogP contribution in [0.2, 0.25) is 0 Å². The Kier molecular flexibility index (Phi) is 5.69. The Morgan fingerprint density at radius 3 is 2.57 bits per heavy atom. The average molecular weight is 294 g/mol. The summed E-state index contributed by atoms with van der Waals surface area (Å²) in [4.78, 5) is 20.9. The van der Waals surface area contributed by atoms with Crippen molar-refractivity contribution in [2.75, 3.05) is 11.9 Å². The number of nitro benzene ring substituents is 1. The molecule has 0 fully saturated rings. The van der Waals surface area contributed by atoms with Crippen molar-refractivity contribution in [3.05, 3.63) is 33.9 Å².